The second-order valence-corrected chi connectivity index (χ2v) is 10.0. The van der Waals surface area contributed by atoms with Crippen molar-refractivity contribution in [1.82, 2.24) is 14.8 Å². The van der Waals surface area contributed by atoms with E-state index in [1.54, 1.807) is 0 Å². The highest BCUT2D eigenvalue weighted by Gasteiger charge is 2.55. The van der Waals surface area contributed by atoms with Gasteiger partial charge in [-0.1, -0.05) is 0 Å². The Labute approximate surface area is 172 Å². The molecule has 1 atom stereocenters. The number of likely N-dealkylation sites (tertiary alicyclic amines) is 1. The van der Waals surface area contributed by atoms with Crippen LogP contribution >= 0.6 is 0 Å². The lowest BCUT2D eigenvalue weighted by molar-refractivity contribution is -0.117. The summed E-state index contributed by atoms with van der Waals surface area (Å²) < 4.78 is 17.7. The van der Waals surface area contributed by atoms with Crippen LogP contribution in [0.25, 0.3) is 0 Å². The van der Waals surface area contributed by atoms with E-state index in [0.29, 0.717) is 6.61 Å². The molecule has 7 heteroatoms. The van der Waals surface area contributed by atoms with Crippen molar-refractivity contribution in [3.8, 4) is 5.75 Å². The number of rotatable bonds is 2. The Hall–Kier alpha value is -1.86. The molecule has 0 bridgehead atoms. The predicted molar refractivity (Wildman–Crippen MR) is 107 cm³/mol. The normalized spacial score (nSPS) is 26.2. The Morgan fingerprint density at radius 2 is 2.07 bits per heavy atom. The van der Waals surface area contributed by atoms with Crippen LogP contribution in [0.2, 0.25) is 0 Å². The van der Waals surface area contributed by atoms with Gasteiger partial charge in [-0.2, -0.15) is 0 Å². The first-order valence-corrected chi connectivity index (χ1v) is 10.8. The third-order valence-electron chi connectivity index (χ3n) is 6.56. The molecule has 158 valence electrons. The lowest BCUT2D eigenvalue weighted by Gasteiger charge is -2.58. The van der Waals surface area contributed by atoms with Gasteiger partial charge in [-0.25, -0.2) is 4.79 Å². The van der Waals surface area contributed by atoms with Crippen LogP contribution in [0.4, 0.5) is 4.79 Å². The number of carbonyl (C=O) groups excluding carboxylic acids is 1. The first-order valence-electron chi connectivity index (χ1n) is 10.8. The van der Waals surface area contributed by atoms with Gasteiger partial charge < -0.3 is 19.1 Å². The van der Waals surface area contributed by atoms with Gasteiger partial charge in [-0.15, -0.1) is 0 Å². The minimum atomic E-state index is -0.442. The summed E-state index contributed by atoms with van der Waals surface area (Å²) in [7, 11) is 0. The molecule has 1 amide bonds. The van der Waals surface area contributed by atoms with Gasteiger partial charge in [0.1, 0.15) is 17.5 Å². The number of nitrogens with zero attached hydrogens (tertiary/aromatic N) is 3. The Bertz CT molecular complexity index is 792. The fraction of sp³-hybridized carbons (Fsp3) is 0.727. The highest BCUT2D eigenvalue weighted by Crippen LogP contribution is 2.50. The summed E-state index contributed by atoms with van der Waals surface area (Å²) in [4.78, 5) is 21.1. The maximum absolute atomic E-state index is 12.2. The third kappa shape index (κ3) is 3.59. The Morgan fingerprint density at radius 3 is 2.83 bits per heavy atom. The number of morpholine rings is 1. The van der Waals surface area contributed by atoms with E-state index >= 15 is 0 Å². The van der Waals surface area contributed by atoms with E-state index in [-0.39, 0.29) is 23.7 Å². The molecule has 0 N–H and O–H groups in total. The lowest BCUT2D eigenvalue weighted by Crippen LogP contribution is -2.66. The second-order valence-electron chi connectivity index (χ2n) is 10.0. The molecule has 5 rings (SSSR count). The van der Waals surface area contributed by atoms with Crippen LogP contribution < -0.4 is 4.74 Å². The Morgan fingerprint density at radius 1 is 1.28 bits per heavy atom. The molecule has 0 radical (unpaired) electrons. The van der Waals surface area contributed by atoms with E-state index in [0.717, 1.165) is 63.5 Å². The van der Waals surface area contributed by atoms with Gasteiger partial charge >= 0.3 is 6.09 Å². The van der Waals surface area contributed by atoms with Crippen molar-refractivity contribution in [3.63, 3.8) is 0 Å². The summed E-state index contributed by atoms with van der Waals surface area (Å²) in [5.41, 5.74) is 2.16. The first-order chi connectivity index (χ1) is 13.8. The summed E-state index contributed by atoms with van der Waals surface area (Å²) in [5.74, 6) is 0.971. The number of fused-ring (bicyclic) bond motifs is 3. The summed E-state index contributed by atoms with van der Waals surface area (Å²) in [6.45, 7) is 10.8. The van der Waals surface area contributed by atoms with Crippen molar-refractivity contribution in [2.75, 3.05) is 39.4 Å². The number of aromatic nitrogens is 1. The average molecular weight is 402 g/mol. The second kappa shape index (κ2) is 6.84. The zero-order chi connectivity index (χ0) is 20.2. The Kier molecular flexibility index (Phi) is 4.51. The molecule has 1 spiro atoms. The highest BCUT2D eigenvalue weighted by atomic mass is 16.6. The van der Waals surface area contributed by atoms with E-state index < -0.39 is 5.60 Å². The van der Waals surface area contributed by atoms with Crippen LogP contribution in [-0.4, -0.2) is 72.0 Å². The quantitative estimate of drug-likeness (QED) is 0.759. The summed E-state index contributed by atoms with van der Waals surface area (Å²) in [5, 5.41) is 0. The molecule has 1 unspecified atom stereocenters. The smallest absolute Gasteiger partial charge is 0.410 e. The molecule has 1 aromatic heterocycles. The molecule has 1 saturated carbocycles. The van der Waals surface area contributed by atoms with Crippen LogP contribution in [-0.2, 0) is 15.9 Å². The molecule has 2 saturated heterocycles. The topological polar surface area (TPSA) is 64.1 Å². The van der Waals surface area contributed by atoms with Crippen molar-refractivity contribution in [2.45, 2.75) is 57.8 Å². The number of hydrogen-bond donors (Lipinski definition) is 0. The van der Waals surface area contributed by atoms with Gasteiger partial charge in [0.15, 0.2) is 0 Å². The van der Waals surface area contributed by atoms with Crippen LogP contribution in [0.3, 0.4) is 0 Å². The van der Waals surface area contributed by atoms with Gasteiger partial charge in [0, 0.05) is 49.8 Å². The van der Waals surface area contributed by atoms with Crippen molar-refractivity contribution in [3.05, 3.63) is 23.5 Å². The van der Waals surface area contributed by atoms with E-state index in [9.17, 15) is 4.79 Å². The maximum atomic E-state index is 12.2. The standard InChI is InChI=1S/C22H31N3O4/c1-21(2,3)29-20(26)25-13-22(14-25)10-15(11-22)28-18-4-6-23-16-5-7-24-8-9-27-12-17(24)19(16)18/h4,6,15,17H,5,7-14H2,1-3H3. The number of hydrogen-bond acceptors (Lipinski definition) is 6. The van der Waals surface area contributed by atoms with Crippen molar-refractivity contribution in [2.24, 2.45) is 5.41 Å². The van der Waals surface area contributed by atoms with Gasteiger partial charge in [0.05, 0.1) is 24.9 Å². The van der Waals surface area contributed by atoms with Crippen molar-refractivity contribution in [1.29, 1.82) is 0 Å². The van der Waals surface area contributed by atoms with Gasteiger partial charge in [-0.3, -0.25) is 9.88 Å². The van der Waals surface area contributed by atoms with Crippen LogP contribution in [0.15, 0.2) is 12.3 Å². The first kappa shape index (κ1) is 19.1. The number of ether oxygens (including phenoxy) is 3. The molecular weight excluding hydrogens is 370 g/mol. The number of pyridine rings is 1. The monoisotopic (exact) mass is 401 g/mol. The highest BCUT2D eigenvalue weighted by molar-refractivity contribution is 5.69. The molecule has 29 heavy (non-hydrogen) atoms. The molecule has 7 nitrogen and oxygen atoms in total. The van der Waals surface area contributed by atoms with Gasteiger partial charge in [-0.05, 0) is 39.7 Å². The van der Waals surface area contributed by atoms with Crippen molar-refractivity contribution < 1.29 is 19.0 Å². The molecule has 1 aromatic rings. The van der Waals surface area contributed by atoms with E-state index in [4.69, 9.17) is 14.2 Å². The van der Waals surface area contributed by atoms with Crippen LogP contribution in [0.1, 0.15) is 50.9 Å². The number of carbonyl (C=O) groups is 1. The van der Waals surface area contributed by atoms with Gasteiger partial charge in [0.25, 0.3) is 0 Å². The molecule has 4 heterocycles. The summed E-state index contributed by atoms with van der Waals surface area (Å²) >= 11 is 0. The SMILES string of the molecule is CC(C)(C)OC(=O)N1CC2(CC(Oc3ccnc4c3C3COCCN3CC4)C2)C1. The minimum Gasteiger partial charge on any atom is -0.490 e. The molecule has 4 aliphatic rings. The van der Waals surface area contributed by atoms with Crippen molar-refractivity contribution >= 4 is 6.09 Å². The molecule has 3 aliphatic heterocycles. The molecule has 0 aromatic carbocycles. The zero-order valence-corrected chi connectivity index (χ0v) is 17.6. The number of amides is 1. The molecule has 3 fully saturated rings. The average Bonchev–Trinajstić information content (AvgIpc) is 2.60. The van der Waals surface area contributed by atoms with Crippen LogP contribution in [0, 0.1) is 5.41 Å². The fourth-order valence-corrected chi connectivity index (χ4v) is 5.22. The lowest BCUT2D eigenvalue weighted by atomic mass is 9.62. The largest absolute Gasteiger partial charge is 0.490 e. The summed E-state index contributed by atoms with van der Waals surface area (Å²) in [6.07, 6.45) is 4.84. The zero-order valence-electron chi connectivity index (χ0n) is 17.6. The van der Waals surface area contributed by atoms with Gasteiger partial charge in [0.2, 0.25) is 0 Å². The van der Waals surface area contributed by atoms with Crippen LogP contribution in [0.5, 0.6) is 5.75 Å². The van der Waals surface area contributed by atoms with E-state index in [2.05, 4.69) is 9.88 Å². The fourth-order valence-electron chi connectivity index (χ4n) is 5.22. The maximum Gasteiger partial charge on any atom is 0.410 e. The van der Waals surface area contributed by atoms with E-state index in [1.807, 2.05) is 37.9 Å². The molecule has 1 aliphatic carbocycles. The Balaban J connectivity index is 1.20. The third-order valence-corrected chi connectivity index (χ3v) is 6.56. The minimum absolute atomic E-state index is 0.201. The molecular formula is C22H31N3O4. The predicted octanol–water partition coefficient (Wildman–Crippen LogP) is 2.79. The summed E-state index contributed by atoms with van der Waals surface area (Å²) in [6, 6.07) is 2.27. The van der Waals surface area contributed by atoms with E-state index in [1.165, 1.54) is 5.56 Å².